The molecule has 4 atom stereocenters. The molecule has 0 aromatic carbocycles. The molecule has 1 spiro atoms. The lowest BCUT2D eigenvalue weighted by molar-refractivity contribution is 0.0136. The molecule has 0 saturated carbocycles. The Morgan fingerprint density at radius 2 is 2.04 bits per heavy atom. The predicted molar refractivity (Wildman–Crippen MR) is 104 cm³/mol. The van der Waals surface area contributed by atoms with Crippen LogP contribution >= 0.6 is 0 Å². The fourth-order valence-corrected chi connectivity index (χ4v) is 5.63. The summed E-state index contributed by atoms with van der Waals surface area (Å²) in [4.78, 5) is 16.7. The van der Waals surface area contributed by atoms with Crippen molar-refractivity contribution in [3.8, 4) is 0 Å². The van der Waals surface area contributed by atoms with Crippen molar-refractivity contribution in [1.29, 1.82) is 0 Å². The van der Waals surface area contributed by atoms with Crippen molar-refractivity contribution in [2.24, 2.45) is 11.8 Å². The Kier molecular flexibility index (Phi) is 4.29. The zero-order valence-electron chi connectivity index (χ0n) is 16.7. The van der Waals surface area contributed by atoms with Crippen LogP contribution in [0.5, 0.6) is 0 Å². The third kappa shape index (κ3) is 3.00. The monoisotopic (exact) mass is 373 g/mol. The Hall–Kier alpha value is -1.44. The van der Waals surface area contributed by atoms with Gasteiger partial charge in [-0.05, 0) is 33.9 Å². The lowest BCUT2D eigenvalue weighted by atomic mass is 9.73. The molecular formula is C20H31N5O2. The molecule has 5 heterocycles. The first-order chi connectivity index (χ1) is 13.0. The number of hydrogen-bond acceptors (Lipinski definition) is 7. The molecule has 5 rings (SSSR count). The van der Waals surface area contributed by atoms with Crippen molar-refractivity contribution in [2.45, 2.75) is 31.5 Å². The van der Waals surface area contributed by atoms with E-state index < -0.39 is 0 Å². The standard InChI is InChI=1S/C20H31N5O2/c1-14-10-18(22-19(21-14)24-6-8-26-9-7-24)25-12-16-15(11-23(2)3)17-4-5-20(16,13-25)27-17/h10,15-17H,4-9,11-13H2,1-3H3/t15-,16+,17+,20+/m0/s1. The van der Waals surface area contributed by atoms with Crippen LogP contribution in [0.15, 0.2) is 6.07 Å². The van der Waals surface area contributed by atoms with E-state index in [1.807, 2.05) is 0 Å². The average molecular weight is 374 g/mol. The molecule has 0 radical (unpaired) electrons. The summed E-state index contributed by atoms with van der Waals surface area (Å²) in [7, 11) is 4.35. The van der Waals surface area contributed by atoms with E-state index in [1.165, 1.54) is 12.8 Å². The summed E-state index contributed by atoms with van der Waals surface area (Å²) in [5.41, 5.74) is 1.08. The summed E-state index contributed by atoms with van der Waals surface area (Å²) in [6, 6.07) is 2.13. The largest absolute Gasteiger partial charge is 0.378 e. The quantitative estimate of drug-likeness (QED) is 0.785. The maximum Gasteiger partial charge on any atom is 0.227 e. The Bertz CT molecular complexity index is 708. The minimum Gasteiger partial charge on any atom is -0.378 e. The third-order valence-corrected chi connectivity index (χ3v) is 6.81. The van der Waals surface area contributed by atoms with Crippen molar-refractivity contribution >= 4 is 11.8 Å². The summed E-state index contributed by atoms with van der Waals surface area (Å²) >= 11 is 0. The molecule has 0 amide bonds. The van der Waals surface area contributed by atoms with E-state index in [0.717, 1.165) is 63.4 Å². The molecule has 1 aromatic rings. The second kappa shape index (κ2) is 6.57. The highest BCUT2D eigenvalue weighted by molar-refractivity contribution is 5.48. The fraction of sp³-hybridized carbons (Fsp3) is 0.800. The predicted octanol–water partition coefficient (Wildman–Crippen LogP) is 1.17. The molecule has 7 heteroatoms. The van der Waals surface area contributed by atoms with Gasteiger partial charge in [0.15, 0.2) is 0 Å². The van der Waals surface area contributed by atoms with Crippen LogP contribution in [0.2, 0.25) is 0 Å². The minimum absolute atomic E-state index is 0.0450. The van der Waals surface area contributed by atoms with Gasteiger partial charge in [0.1, 0.15) is 5.82 Å². The summed E-state index contributed by atoms with van der Waals surface area (Å²) in [6.07, 6.45) is 2.86. The number of aryl methyl sites for hydroxylation is 1. The topological polar surface area (TPSA) is 54.0 Å². The highest BCUT2D eigenvalue weighted by atomic mass is 16.5. The minimum atomic E-state index is 0.0450. The fourth-order valence-electron chi connectivity index (χ4n) is 5.63. The second-order valence-corrected chi connectivity index (χ2v) is 8.94. The first-order valence-electron chi connectivity index (χ1n) is 10.3. The molecule has 0 N–H and O–H groups in total. The van der Waals surface area contributed by atoms with Gasteiger partial charge in [-0.15, -0.1) is 0 Å². The zero-order valence-corrected chi connectivity index (χ0v) is 16.7. The van der Waals surface area contributed by atoms with Gasteiger partial charge in [-0.2, -0.15) is 4.98 Å². The van der Waals surface area contributed by atoms with Crippen LogP contribution < -0.4 is 9.80 Å². The van der Waals surface area contributed by atoms with Gasteiger partial charge < -0.3 is 24.2 Å². The van der Waals surface area contributed by atoms with Gasteiger partial charge >= 0.3 is 0 Å². The van der Waals surface area contributed by atoms with Crippen molar-refractivity contribution in [3.05, 3.63) is 11.8 Å². The van der Waals surface area contributed by atoms with E-state index in [2.05, 4.69) is 41.8 Å². The van der Waals surface area contributed by atoms with Crippen LogP contribution in [-0.4, -0.2) is 86.6 Å². The molecule has 1 aromatic heterocycles. The van der Waals surface area contributed by atoms with Gasteiger partial charge in [-0.3, -0.25) is 0 Å². The Balaban J connectivity index is 1.39. The van der Waals surface area contributed by atoms with Gasteiger partial charge in [0, 0.05) is 56.3 Å². The number of rotatable bonds is 4. The van der Waals surface area contributed by atoms with E-state index in [9.17, 15) is 0 Å². The normalized spacial score (nSPS) is 35.3. The van der Waals surface area contributed by atoms with Crippen LogP contribution in [0.3, 0.4) is 0 Å². The molecule has 27 heavy (non-hydrogen) atoms. The van der Waals surface area contributed by atoms with E-state index >= 15 is 0 Å². The summed E-state index contributed by atoms with van der Waals surface area (Å²) in [5.74, 6) is 3.16. The summed E-state index contributed by atoms with van der Waals surface area (Å²) < 4.78 is 12.1. The Morgan fingerprint density at radius 3 is 2.81 bits per heavy atom. The number of morpholine rings is 1. The average Bonchev–Trinajstić information content (AvgIpc) is 3.31. The number of anilines is 2. The number of nitrogens with zero attached hydrogens (tertiary/aromatic N) is 5. The maximum atomic E-state index is 6.59. The number of aromatic nitrogens is 2. The number of ether oxygens (including phenoxy) is 2. The van der Waals surface area contributed by atoms with Gasteiger partial charge in [0.25, 0.3) is 0 Å². The molecule has 4 fully saturated rings. The van der Waals surface area contributed by atoms with Gasteiger partial charge in [-0.25, -0.2) is 4.98 Å². The second-order valence-electron chi connectivity index (χ2n) is 8.94. The van der Waals surface area contributed by atoms with Gasteiger partial charge in [0.2, 0.25) is 5.95 Å². The van der Waals surface area contributed by atoms with Crippen LogP contribution in [0.4, 0.5) is 11.8 Å². The molecule has 4 aliphatic heterocycles. The lowest BCUT2D eigenvalue weighted by Gasteiger charge is -2.30. The molecule has 0 unspecified atom stereocenters. The van der Waals surface area contributed by atoms with Gasteiger partial charge in [0.05, 0.1) is 24.9 Å². The SMILES string of the molecule is Cc1cc(N2C[C@@H]3[C@H](CN(C)C)[C@H]4CC[C@]3(C2)O4)nc(N2CCOCC2)n1. The molecule has 4 saturated heterocycles. The third-order valence-electron chi connectivity index (χ3n) is 6.81. The van der Waals surface area contributed by atoms with Crippen LogP contribution in [0, 0.1) is 18.8 Å². The van der Waals surface area contributed by atoms with Crippen LogP contribution in [0.1, 0.15) is 18.5 Å². The van der Waals surface area contributed by atoms with E-state index in [-0.39, 0.29) is 5.60 Å². The van der Waals surface area contributed by atoms with Crippen LogP contribution in [-0.2, 0) is 9.47 Å². The van der Waals surface area contributed by atoms with Crippen molar-refractivity contribution in [3.63, 3.8) is 0 Å². The molecule has 7 nitrogen and oxygen atoms in total. The first kappa shape index (κ1) is 17.6. The molecule has 148 valence electrons. The highest BCUT2D eigenvalue weighted by Crippen LogP contribution is 2.55. The van der Waals surface area contributed by atoms with E-state index in [4.69, 9.17) is 19.4 Å². The Morgan fingerprint density at radius 1 is 1.22 bits per heavy atom. The highest BCUT2D eigenvalue weighted by Gasteiger charge is 2.63. The maximum absolute atomic E-state index is 6.59. The zero-order chi connectivity index (χ0) is 18.6. The number of hydrogen-bond donors (Lipinski definition) is 0. The molecular weight excluding hydrogens is 342 g/mol. The Labute approximate surface area is 161 Å². The number of fused-ring (bicyclic) bond motifs is 1. The smallest absolute Gasteiger partial charge is 0.227 e. The van der Waals surface area contributed by atoms with Gasteiger partial charge in [-0.1, -0.05) is 0 Å². The summed E-state index contributed by atoms with van der Waals surface area (Å²) in [6.45, 7) is 8.45. The van der Waals surface area contributed by atoms with Crippen molar-refractivity contribution in [2.75, 3.05) is 69.8 Å². The van der Waals surface area contributed by atoms with E-state index in [1.54, 1.807) is 0 Å². The van der Waals surface area contributed by atoms with Crippen molar-refractivity contribution in [1.82, 2.24) is 14.9 Å². The lowest BCUT2D eigenvalue weighted by Crippen LogP contribution is -2.40. The van der Waals surface area contributed by atoms with E-state index in [0.29, 0.717) is 17.9 Å². The van der Waals surface area contributed by atoms with Crippen molar-refractivity contribution < 1.29 is 9.47 Å². The summed E-state index contributed by atoms with van der Waals surface area (Å²) in [5, 5.41) is 0. The van der Waals surface area contributed by atoms with Crippen LogP contribution in [0.25, 0.3) is 0 Å². The first-order valence-corrected chi connectivity index (χ1v) is 10.3. The molecule has 4 aliphatic rings. The molecule has 0 aliphatic carbocycles. The molecule has 2 bridgehead atoms.